The summed E-state index contributed by atoms with van der Waals surface area (Å²) < 4.78 is 13.0. The molecular formula is C13H18FN3O3. The second kappa shape index (κ2) is 7.44. The van der Waals surface area contributed by atoms with E-state index in [-0.39, 0.29) is 11.6 Å². The Hall–Kier alpha value is -2.15. The zero-order valence-electron chi connectivity index (χ0n) is 11.3. The highest BCUT2D eigenvalue weighted by molar-refractivity contribution is 5.93. The predicted octanol–water partition coefficient (Wildman–Crippen LogP) is 1.87. The lowest BCUT2D eigenvalue weighted by Gasteiger charge is -2.18. The number of nitrogens with one attached hydrogen (secondary N) is 3. The van der Waals surface area contributed by atoms with Crippen molar-refractivity contribution in [3.8, 4) is 0 Å². The SMILES string of the molecule is CC(C)C[C@H](NC(=O)Nc1cccc(F)c1)C(=O)NO. The lowest BCUT2D eigenvalue weighted by Crippen LogP contribution is -2.48. The van der Waals surface area contributed by atoms with Gasteiger partial charge in [-0.2, -0.15) is 0 Å². The average Bonchev–Trinajstić information content (AvgIpc) is 2.36. The molecule has 0 spiro atoms. The van der Waals surface area contributed by atoms with E-state index >= 15 is 0 Å². The van der Waals surface area contributed by atoms with Gasteiger partial charge < -0.3 is 10.6 Å². The molecule has 1 atom stereocenters. The van der Waals surface area contributed by atoms with Gasteiger partial charge in [0.2, 0.25) is 0 Å². The van der Waals surface area contributed by atoms with Crippen LogP contribution in [-0.4, -0.2) is 23.2 Å². The van der Waals surface area contributed by atoms with Crippen LogP contribution in [0, 0.1) is 11.7 Å². The number of halogens is 1. The van der Waals surface area contributed by atoms with Gasteiger partial charge in [0.25, 0.3) is 5.91 Å². The molecule has 20 heavy (non-hydrogen) atoms. The molecule has 6 nitrogen and oxygen atoms in total. The van der Waals surface area contributed by atoms with Gasteiger partial charge in [0.05, 0.1) is 0 Å². The number of amides is 3. The van der Waals surface area contributed by atoms with E-state index in [1.807, 2.05) is 13.8 Å². The van der Waals surface area contributed by atoms with E-state index in [9.17, 15) is 14.0 Å². The molecule has 0 fully saturated rings. The zero-order valence-corrected chi connectivity index (χ0v) is 11.3. The minimum atomic E-state index is -0.867. The number of carbonyl (C=O) groups is 2. The van der Waals surface area contributed by atoms with Crippen LogP contribution in [-0.2, 0) is 4.79 Å². The zero-order chi connectivity index (χ0) is 15.1. The van der Waals surface area contributed by atoms with Crippen LogP contribution < -0.4 is 16.1 Å². The Morgan fingerprint density at radius 3 is 2.60 bits per heavy atom. The topological polar surface area (TPSA) is 90.5 Å². The molecule has 110 valence electrons. The maximum atomic E-state index is 13.0. The van der Waals surface area contributed by atoms with Crippen LogP contribution in [0.5, 0.6) is 0 Å². The van der Waals surface area contributed by atoms with Crippen molar-refractivity contribution in [2.45, 2.75) is 26.3 Å². The van der Waals surface area contributed by atoms with Gasteiger partial charge >= 0.3 is 6.03 Å². The fourth-order valence-electron chi connectivity index (χ4n) is 1.67. The van der Waals surface area contributed by atoms with E-state index < -0.39 is 23.8 Å². The average molecular weight is 283 g/mol. The molecule has 1 aromatic rings. The number of anilines is 1. The smallest absolute Gasteiger partial charge is 0.319 e. The fraction of sp³-hybridized carbons (Fsp3) is 0.385. The Morgan fingerprint density at radius 1 is 1.35 bits per heavy atom. The fourth-order valence-corrected chi connectivity index (χ4v) is 1.67. The third-order valence-corrected chi connectivity index (χ3v) is 2.52. The largest absolute Gasteiger partial charge is 0.326 e. The van der Waals surface area contributed by atoms with Crippen molar-refractivity contribution in [1.29, 1.82) is 0 Å². The Balaban J connectivity index is 2.64. The summed E-state index contributed by atoms with van der Waals surface area (Å²) in [6.45, 7) is 3.76. The number of rotatable bonds is 5. The van der Waals surface area contributed by atoms with Crippen LogP contribution in [0.3, 0.4) is 0 Å². The van der Waals surface area contributed by atoms with Gasteiger partial charge in [-0.3, -0.25) is 10.0 Å². The third-order valence-electron chi connectivity index (χ3n) is 2.52. The first-order valence-corrected chi connectivity index (χ1v) is 6.19. The lowest BCUT2D eigenvalue weighted by atomic mass is 10.0. The third kappa shape index (κ3) is 5.23. The summed E-state index contributed by atoms with van der Waals surface area (Å²) in [4.78, 5) is 23.2. The summed E-state index contributed by atoms with van der Waals surface area (Å²) >= 11 is 0. The maximum absolute atomic E-state index is 13.0. The number of hydrogen-bond acceptors (Lipinski definition) is 3. The summed E-state index contributed by atoms with van der Waals surface area (Å²) in [7, 11) is 0. The normalized spacial score (nSPS) is 11.8. The Kier molecular flexibility index (Phi) is 5.92. The Bertz CT molecular complexity index is 480. The van der Waals surface area contributed by atoms with Crippen LogP contribution in [0.15, 0.2) is 24.3 Å². The molecule has 0 unspecified atom stereocenters. The van der Waals surface area contributed by atoms with Crippen LogP contribution in [0.4, 0.5) is 14.9 Å². The number of carbonyl (C=O) groups excluding carboxylic acids is 2. The van der Waals surface area contributed by atoms with E-state index in [0.29, 0.717) is 6.42 Å². The highest BCUT2D eigenvalue weighted by atomic mass is 19.1. The predicted molar refractivity (Wildman–Crippen MR) is 71.7 cm³/mol. The highest BCUT2D eigenvalue weighted by Gasteiger charge is 2.21. The molecule has 0 heterocycles. The van der Waals surface area contributed by atoms with Crippen LogP contribution >= 0.6 is 0 Å². The Labute approximate surface area is 116 Å². The molecule has 7 heteroatoms. The summed E-state index contributed by atoms with van der Waals surface area (Å²) in [5.74, 6) is -1.03. The van der Waals surface area contributed by atoms with Crippen molar-refractivity contribution in [2.24, 2.45) is 5.92 Å². The van der Waals surface area contributed by atoms with Gasteiger partial charge in [-0.15, -0.1) is 0 Å². The molecule has 0 radical (unpaired) electrons. The first-order valence-electron chi connectivity index (χ1n) is 6.19. The van der Waals surface area contributed by atoms with E-state index in [1.54, 1.807) is 0 Å². The molecule has 0 saturated carbocycles. The van der Waals surface area contributed by atoms with Crippen molar-refractivity contribution in [2.75, 3.05) is 5.32 Å². The second-order valence-electron chi connectivity index (χ2n) is 4.77. The van der Waals surface area contributed by atoms with Crippen LogP contribution in [0.2, 0.25) is 0 Å². The second-order valence-corrected chi connectivity index (χ2v) is 4.77. The van der Waals surface area contributed by atoms with E-state index in [4.69, 9.17) is 5.21 Å². The van der Waals surface area contributed by atoms with Gasteiger partial charge in [0.15, 0.2) is 0 Å². The molecule has 0 aliphatic carbocycles. The van der Waals surface area contributed by atoms with Crippen molar-refractivity contribution < 1.29 is 19.2 Å². The summed E-state index contributed by atoms with van der Waals surface area (Å²) in [6.07, 6.45) is 0.364. The number of urea groups is 1. The van der Waals surface area contributed by atoms with Gasteiger partial charge in [-0.05, 0) is 30.5 Å². The highest BCUT2D eigenvalue weighted by Crippen LogP contribution is 2.09. The number of hydroxylamine groups is 1. The Morgan fingerprint density at radius 2 is 2.05 bits per heavy atom. The standard InChI is InChI=1S/C13H18FN3O3/c1-8(2)6-11(12(18)17-20)16-13(19)15-10-5-3-4-9(14)7-10/h3-5,7-8,11,20H,6H2,1-2H3,(H,17,18)(H2,15,16,19)/t11-/m0/s1. The molecule has 1 rings (SSSR count). The summed E-state index contributed by atoms with van der Waals surface area (Å²) in [5, 5.41) is 13.5. The van der Waals surface area contributed by atoms with Crippen molar-refractivity contribution in [3.05, 3.63) is 30.1 Å². The van der Waals surface area contributed by atoms with E-state index in [1.165, 1.54) is 23.7 Å². The molecule has 3 amide bonds. The van der Waals surface area contributed by atoms with Gasteiger partial charge in [-0.1, -0.05) is 19.9 Å². The van der Waals surface area contributed by atoms with Crippen LogP contribution in [0.25, 0.3) is 0 Å². The number of benzene rings is 1. The molecule has 0 aliphatic heterocycles. The molecule has 0 aliphatic rings. The first-order chi connectivity index (χ1) is 9.42. The molecule has 0 saturated heterocycles. The first kappa shape index (κ1) is 15.9. The van der Waals surface area contributed by atoms with Crippen molar-refractivity contribution >= 4 is 17.6 Å². The van der Waals surface area contributed by atoms with E-state index in [2.05, 4.69) is 10.6 Å². The molecule has 0 aromatic heterocycles. The molecular weight excluding hydrogens is 265 g/mol. The van der Waals surface area contributed by atoms with Gasteiger partial charge in [0.1, 0.15) is 11.9 Å². The minimum Gasteiger partial charge on any atom is -0.326 e. The van der Waals surface area contributed by atoms with E-state index in [0.717, 1.165) is 6.07 Å². The monoisotopic (exact) mass is 283 g/mol. The quantitative estimate of drug-likeness (QED) is 0.491. The summed E-state index contributed by atoms with van der Waals surface area (Å²) in [5.41, 5.74) is 1.78. The maximum Gasteiger partial charge on any atom is 0.319 e. The van der Waals surface area contributed by atoms with Crippen molar-refractivity contribution in [3.63, 3.8) is 0 Å². The van der Waals surface area contributed by atoms with Crippen LogP contribution in [0.1, 0.15) is 20.3 Å². The molecule has 1 aromatic carbocycles. The molecule has 4 N–H and O–H groups in total. The summed E-state index contributed by atoms with van der Waals surface area (Å²) in [6, 6.07) is 3.87. The lowest BCUT2D eigenvalue weighted by molar-refractivity contribution is -0.131. The van der Waals surface area contributed by atoms with Gasteiger partial charge in [0, 0.05) is 5.69 Å². The number of hydrogen-bond donors (Lipinski definition) is 4. The van der Waals surface area contributed by atoms with Gasteiger partial charge in [-0.25, -0.2) is 14.7 Å². The van der Waals surface area contributed by atoms with Crippen molar-refractivity contribution in [1.82, 2.24) is 10.8 Å². The molecule has 0 bridgehead atoms. The minimum absolute atomic E-state index is 0.145.